The Kier molecular flexibility index (Phi) is 4.21. The molecule has 0 saturated carbocycles. The van der Waals surface area contributed by atoms with Crippen molar-refractivity contribution in [3.05, 3.63) is 10.2 Å². The Bertz CT molecular complexity index is 275. The summed E-state index contributed by atoms with van der Waals surface area (Å²) in [5, 5.41) is 0. The van der Waals surface area contributed by atoms with E-state index < -0.39 is 30.0 Å². The average molecular weight is 372 g/mol. The van der Waals surface area contributed by atoms with Crippen LogP contribution in [0.5, 0.6) is 0 Å². The van der Waals surface area contributed by atoms with Gasteiger partial charge in [0.25, 0.3) is 5.67 Å². The quantitative estimate of drug-likeness (QED) is 0.498. The molecule has 0 fully saturated rings. The molecule has 0 saturated heterocycles. The van der Waals surface area contributed by atoms with E-state index in [1.54, 1.807) is 0 Å². The van der Waals surface area contributed by atoms with Gasteiger partial charge in [-0.3, -0.25) is 0 Å². The summed E-state index contributed by atoms with van der Waals surface area (Å²) < 4.78 is 108. The number of hydrogen-bond donors (Lipinski definition) is 0. The van der Waals surface area contributed by atoms with Gasteiger partial charge in [0.05, 0.1) is 0 Å². The first kappa shape index (κ1) is 15.8. The smallest absolute Gasteiger partial charge is 0.222 e. The summed E-state index contributed by atoms with van der Waals surface area (Å²) >= 11 is 0.900. The molecule has 1 atom stereocenters. The van der Waals surface area contributed by atoms with Crippen LogP contribution in [0, 0.1) is 0 Å². The number of allylic oxidation sites excluding steroid dienone is 1. The SMILES string of the molecule is FC(F)(F)C(F)(F)[C@](F)(/C=C/I)C(F)(F)F. The lowest BCUT2D eigenvalue weighted by atomic mass is 9.96. The molecule has 0 radical (unpaired) electrons. The van der Waals surface area contributed by atoms with Crippen LogP contribution in [-0.4, -0.2) is 23.9 Å². The summed E-state index contributed by atoms with van der Waals surface area (Å²) in [6.07, 6.45) is -13.9. The Morgan fingerprint density at radius 2 is 1.06 bits per heavy atom. The molecule has 0 N–H and O–H groups in total. The molecule has 0 spiro atoms. The van der Waals surface area contributed by atoms with Crippen molar-refractivity contribution in [3.63, 3.8) is 0 Å². The summed E-state index contributed by atoms with van der Waals surface area (Å²) in [6, 6.07) is 0. The summed E-state index contributed by atoms with van der Waals surface area (Å²) in [6.45, 7) is 0. The largest absolute Gasteiger partial charge is 0.457 e. The molecule has 0 nitrogen and oxygen atoms in total. The third-order valence-electron chi connectivity index (χ3n) is 1.52. The first-order valence-corrected chi connectivity index (χ1v) is 4.54. The van der Waals surface area contributed by atoms with Gasteiger partial charge >= 0.3 is 18.3 Å². The fourth-order valence-electron chi connectivity index (χ4n) is 0.670. The second kappa shape index (κ2) is 4.26. The van der Waals surface area contributed by atoms with Gasteiger partial charge in [0.1, 0.15) is 0 Å². The van der Waals surface area contributed by atoms with Crippen LogP contribution in [0.3, 0.4) is 0 Å². The molecule has 10 heteroatoms. The van der Waals surface area contributed by atoms with Crippen molar-refractivity contribution in [1.82, 2.24) is 0 Å². The highest BCUT2D eigenvalue weighted by atomic mass is 127. The molecule has 0 rings (SSSR count). The van der Waals surface area contributed by atoms with E-state index >= 15 is 0 Å². The highest BCUT2D eigenvalue weighted by Crippen LogP contribution is 2.53. The van der Waals surface area contributed by atoms with Crippen molar-refractivity contribution in [3.8, 4) is 0 Å². The molecule has 0 bridgehead atoms. The van der Waals surface area contributed by atoms with E-state index in [1.165, 1.54) is 0 Å². The number of alkyl halides is 9. The van der Waals surface area contributed by atoms with Gasteiger partial charge in [-0.15, -0.1) is 0 Å². The first-order chi connectivity index (χ1) is 6.81. The Balaban J connectivity index is 5.74. The molecule has 0 amide bonds. The van der Waals surface area contributed by atoms with Crippen molar-refractivity contribution in [2.24, 2.45) is 0 Å². The molecule has 0 aromatic carbocycles. The predicted octanol–water partition coefficient (Wildman–Crippen LogP) is 4.40. The third kappa shape index (κ3) is 2.40. The summed E-state index contributed by atoms with van der Waals surface area (Å²) in [7, 11) is 0. The van der Waals surface area contributed by atoms with E-state index in [4.69, 9.17) is 0 Å². The van der Waals surface area contributed by atoms with Crippen LogP contribution < -0.4 is 0 Å². The Hall–Kier alpha value is -0.160. The first-order valence-electron chi connectivity index (χ1n) is 3.29. The fraction of sp³-hybridized carbons (Fsp3) is 0.667. The monoisotopic (exact) mass is 372 g/mol. The maximum Gasteiger partial charge on any atom is 0.457 e. The zero-order valence-electron chi connectivity index (χ0n) is 6.93. The van der Waals surface area contributed by atoms with Crippen LogP contribution >= 0.6 is 22.6 Å². The van der Waals surface area contributed by atoms with E-state index in [9.17, 15) is 39.5 Å². The van der Waals surface area contributed by atoms with Crippen LogP contribution in [-0.2, 0) is 0 Å². The maximum atomic E-state index is 12.9. The van der Waals surface area contributed by atoms with Gasteiger partial charge in [-0.1, -0.05) is 22.6 Å². The molecule has 0 aromatic rings. The molecular weight excluding hydrogens is 370 g/mol. The lowest BCUT2D eigenvalue weighted by molar-refractivity contribution is -0.369. The molecule has 16 heavy (non-hydrogen) atoms. The van der Waals surface area contributed by atoms with Crippen LogP contribution in [0.1, 0.15) is 0 Å². The van der Waals surface area contributed by atoms with Gasteiger partial charge in [-0.25, -0.2) is 4.39 Å². The highest BCUT2D eigenvalue weighted by molar-refractivity contribution is 14.1. The minimum atomic E-state index is -6.65. The Morgan fingerprint density at radius 3 is 1.25 bits per heavy atom. The second-order valence-corrected chi connectivity index (χ2v) is 3.29. The van der Waals surface area contributed by atoms with Crippen LogP contribution in [0.4, 0.5) is 39.5 Å². The van der Waals surface area contributed by atoms with E-state index in [-0.39, 0.29) is 4.08 Å². The summed E-state index contributed by atoms with van der Waals surface area (Å²) in [4.78, 5) is 0. The lowest BCUT2D eigenvalue weighted by Gasteiger charge is -2.33. The minimum absolute atomic E-state index is 0.102. The van der Waals surface area contributed by atoms with E-state index in [2.05, 4.69) is 0 Å². The number of hydrogen-bond acceptors (Lipinski definition) is 0. The van der Waals surface area contributed by atoms with Crippen molar-refractivity contribution >= 4 is 22.6 Å². The molecule has 0 aliphatic heterocycles. The Morgan fingerprint density at radius 1 is 0.688 bits per heavy atom. The van der Waals surface area contributed by atoms with Crippen molar-refractivity contribution < 1.29 is 39.5 Å². The van der Waals surface area contributed by atoms with Crippen molar-refractivity contribution in [2.45, 2.75) is 23.9 Å². The highest BCUT2D eigenvalue weighted by Gasteiger charge is 2.80. The van der Waals surface area contributed by atoms with Gasteiger partial charge in [-0.05, 0) is 10.2 Å². The van der Waals surface area contributed by atoms with Crippen molar-refractivity contribution in [1.29, 1.82) is 0 Å². The lowest BCUT2D eigenvalue weighted by Crippen LogP contribution is -2.60. The zero-order chi connectivity index (χ0) is 13.4. The molecule has 0 heterocycles. The molecule has 0 aliphatic rings. The number of halogens is 10. The molecule has 0 aromatic heterocycles. The second-order valence-electron chi connectivity index (χ2n) is 2.57. The predicted molar refractivity (Wildman–Crippen MR) is 44.1 cm³/mol. The Labute approximate surface area is 96.6 Å². The normalized spacial score (nSPS) is 18.9. The van der Waals surface area contributed by atoms with Crippen LogP contribution in [0.2, 0.25) is 0 Å². The third-order valence-corrected chi connectivity index (χ3v) is 1.88. The molecular formula is C6H2F9I. The average Bonchev–Trinajstić information content (AvgIpc) is 1.99. The summed E-state index contributed by atoms with van der Waals surface area (Å²) in [5.41, 5.74) is -5.78. The van der Waals surface area contributed by atoms with Gasteiger partial charge in [0, 0.05) is 0 Å². The standard InChI is InChI=1S/C6H2F9I/c7-3(1-2-16,5(10,11)12)4(8,9)6(13,14)15/h1-2H/b2-1+/t3-/m1/s1. The molecule has 0 aliphatic carbocycles. The van der Waals surface area contributed by atoms with Crippen molar-refractivity contribution in [2.75, 3.05) is 0 Å². The van der Waals surface area contributed by atoms with E-state index in [1.807, 2.05) is 0 Å². The maximum absolute atomic E-state index is 12.9. The molecule has 96 valence electrons. The van der Waals surface area contributed by atoms with Gasteiger partial charge in [-0.2, -0.15) is 35.1 Å². The zero-order valence-corrected chi connectivity index (χ0v) is 9.09. The van der Waals surface area contributed by atoms with Crippen LogP contribution in [0.15, 0.2) is 10.2 Å². The van der Waals surface area contributed by atoms with Crippen LogP contribution in [0.25, 0.3) is 0 Å². The summed E-state index contributed by atoms with van der Waals surface area (Å²) in [5.74, 6) is -6.56. The minimum Gasteiger partial charge on any atom is -0.222 e. The topological polar surface area (TPSA) is 0 Å². The number of rotatable bonds is 2. The fourth-order valence-corrected chi connectivity index (χ4v) is 1.17. The van der Waals surface area contributed by atoms with E-state index in [0.29, 0.717) is 0 Å². The van der Waals surface area contributed by atoms with E-state index in [0.717, 1.165) is 22.6 Å². The van der Waals surface area contributed by atoms with Gasteiger partial charge in [0.15, 0.2) is 0 Å². The van der Waals surface area contributed by atoms with Gasteiger partial charge < -0.3 is 0 Å². The van der Waals surface area contributed by atoms with Gasteiger partial charge in [0.2, 0.25) is 0 Å². The molecule has 0 unspecified atom stereocenters.